The fourth-order valence-corrected chi connectivity index (χ4v) is 2.32. The summed E-state index contributed by atoms with van der Waals surface area (Å²) in [6.45, 7) is 5.74. The summed E-state index contributed by atoms with van der Waals surface area (Å²) < 4.78 is 0.789. The van der Waals surface area contributed by atoms with Crippen molar-refractivity contribution in [1.29, 1.82) is 0 Å². The summed E-state index contributed by atoms with van der Waals surface area (Å²) in [5.41, 5.74) is 0.466. The van der Waals surface area contributed by atoms with Gasteiger partial charge in [0, 0.05) is 22.6 Å². The van der Waals surface area contributed by atoms with Crippen LogP contribution in [0.2, 0.25) is 0 Å². The molecule has 0 spiro atoms. The molecule has 0 saturated carbocycles. The smallest absolute Gasteiger partial charge is 0.251 e. The van der Waals surface area contributed by atoms with Crippen LogP contribution in [0.4, 0.5) is 0 Å². The second-order valence-electron chi connectivity index (χ2n) is 5.32. The Morgan fingerprint density at radius 1 is 1.26 bits per heavy atom. The van der Waals surface area contributed by atoms with E-state index in [1.807, 2.05) is 19.9 Å². The second-order valence-corrected chi connectivity index (χ2v) is 6.24. The van der Waals surface area contributed by atoms with E-state index in [2.05, 4.69) is 26.6 Å². The van der Waals surface area contributed by atoms with Crippen molar-refractivity contribution in [3.63, 3.8) is 0 Å². The summed E-state index contributed by atoms with van der Waals surface area (Å²) in [7, 11) is 0. The fourth-order valence-electron chi connectivity index (χ4n) is 1.92. The number of hydrogen-bond donors (Lipinski definition) is 2. The first-order valence-electron chi connectivity index (χ1n) is 7.44. The summed E-state index contributed by atoms with van der Waals surface area (Å²) >= 11 is 3.29. The van der Waals surface area contributed by atoms with Crippen molar-refractivity contribution in [3.05, 3.63) is 34.3 Å². The van der Waals surface area contributed by atoms with Gasteiger partial charge in [-0.2, -0.15) is 0 Å². The van der Waals surface area contributed by atoms with Crippen molar-refractivity contribution < 1.29 is 14.4 Å². The van der Waals surface area contributed by atoms with E-state index in [0.717, 1.165) is 4.47 Å². The Kier molecular flexibility index (Phi) is 7.74. The monoisotopic (exact) mass is 383 g/mol. The van der Waals surface area contributed by atoms with Crippen molar-refractivity contribution in [3.8, 4) is 0 Å². The van der Waals surface area contributed by atoms with Crippen molar-refractivity contribution in [2.45, 2.75) is 26.8 Å². The van der Waals surface area contributed by atoms with Gasteiger partial charge >= 0.3 is 0 Å². The standard InChI is InChI=1S/C16H22BrN3O3/c1-4-20(10-14(21)19-11(2)3)15(22)9-18-16(23)12-6-5-7-13(17)8-12/h5-8,11H,4,9-10H2,1-3H3,(H,18,23)(H,19,21). The number of halogens is 1. The molecule has 6 nitrogen and oxygen atoms in total. The van der Waals surface area contributed by atoms with Gasteiger partial charge in [0.2, 0.25) is 11.8 Å². The molecule has 0 aliphatic heterocycles. The molecule has 2 N–H and O–H groups in total. The lowest BCUT2D eigenvalue weighted by Gasteiger charge is -2.21. The van der Waals surface area contributed by atoms with Crippen LogP contribution in [0.3, 0.4) is 0 Å². The summed E-state index contributed by atoms with van der Waals surface area (Å²) in [5, 5.41) is 5.31. The molecule has 0 unspecified atom stereocenters. The van der Waals surface area contributed by atoms with E-state index in [4.69, 9.17) is 0 Å². The molecule has 0 bridgehead atoms. The largest absolute Gasteiger partial charge is 0.352 e. The molecule has 3 amide bonds. The van der Waals surface area contributed by atoms with Gasteiger partial charge in [-0.05, 0) is 39.0 Å². The van der Waals surface area contributed by atoms with Crippen LogP contribution >= 0.6 is 15.9 Å². The van der Waals surface area contributed by atoms with E-state index >= 15 is 0 Å². The van der Waals surface area contributed by atoms with Gasteiger partial charge in [-0.3, -0.25) is 14.4 Å². The molecule has 23 heavy (non-hydrogen) atoms. The number of amides is 3. The maximum atomic E-state index is 12.1. The highest BCUT2D eigenvalue weighted by Gasteiger charge is 2.17. The van der Waals surface area contributed by atoms with Gasteiger partial charge in [0.15, 0.2) is 0 Å². The third-order valence-corrected chi connectivity index (χ3v) is 3.50. The van der Waals surface area contributed by atoms with Gasteiger partial charge in [-0.1, -0.05) is 22.0 Å². The van der Waals surface area contributed by atoms with Crippen molar-refractivity contribution in [2.75, 3.05) is 19.6 Å². The zero-order chi connectivity index (χ0) is 17.4. The number of benzene rings is 1. The van der Waals surface area contributed by atoms with Crippen molar-refractivity contribution in [1.82, 2.24) is 15.5 Å². The molecular formula is C16H22BrN3O3. The highest BCUT2D eigenvalue weighted by Crippen LogP contribution is 2.11. The van der Waals surface area contributed by atoms with E-state index in [0.29, 0.717) is 12.1 Å². The molecule has 1 aromatic rings. The Labute approximate surface area is 144 Å². The SMILES string of the molecule is CCN(CC(=O)NC(C)C)C(=O)CNC(=O)c1cccc(Br)c1. The van der Waals surface area contributed by atoms with Crippen molar-refractivity contribution >= 4 is 33.7 Å². The van der Waals surface area contributed by atoms with Crippen LogP contribution in [0, 0.1) is 0 Å². The summed E-state index contributed by atoms with van der Waals surface area (Å²) in [6, 6.07) is 6.92. The maximum absolute atomic E-state index is 12.1. The fraction of sp³-hybridized carbons (Fsp3) is 0.438. The summed E-state index contributed by atoms with van der Waals surface area (Å²) in [5.74, 6) is -0.842. The number of nitrogens with zero attached hydrogens (tertiary/aromatic N) is 1. The zero-order valence-electron chi connectivity index (χ0n) is 13.6. The van der Waals surface area contributed by atoms with Gasteiger partial charge < -0.3 is 15.5 Å². The number of carbonyl (C=O) groups excluding carboxylic acids is 3. The highest BCUT2D eigenvalue weighted by atomic mass is 79.9. The van der Waals surface area contributed by atoms with Crippen molar-refractivity contribution in [2.24, 2.45) is 0 Å². The molecule has 0 aliphatic rings. The van der Waals surface area contributed by atoms with E-state index in [-0.39, 0.29) is 36.9 Å². The van der Waals surface area contributed by atoms with Gasteiger partial charge in [-0.25, -0.2) is 0 Å². The predicted molar refractivity (Wildman–Crippen MR) is 92.0 cm³/mol. The third kappa shape index (κ3) is 6.81. The Balaban J connectivity index is 2.53. The van der Waals surface area contributed by atoms with E-state index < -0.39 is 0 Å². The number of carbonyl (C=O) groups is 3. The molecule has 7 heteroatoms. The maximum Gasteiger partial charge on any atom is 0.251 e. The van der Waals surface area contributed by atoms with Gasteiger partial charge in [0.1, 0.15) is 0 Å². The average molecular weight is 384 g/mol. The molecule has 126 valence electrons. The topological polar surface area (TPSA) is 78.5 Å². The Morgan fingerprint density at radius 3 is 2.52 bits per heavy atom. The lowest BCUT2D eigenvalue weighted by Crippen LogP contribution is -2.46. The number of rotatable bonds is 7. The molecule has 0 aliphatic carbocycles. The van der Waals surface area contributed by atoms with E-state index in [1.54, 1.807) is 25.1 Å². The number of nitrogens with one attached hydrogen (secondary N) is 2. The molecule has 0 radical (unpaired) electrons. The lowest BCUT2D eigenvalue weighted by atomic mass is 10.2. The van der Waals surface area contributed by atoms with E-state index in [1.165, 1.54) is 4.90 Å². The molecule has 0 fully saturated rings. The molecule has 0 heterocycles. The Morgan fingerprint density at radius 2 is 1.96 bits per heavy atom. The van der Waals surface area contributed by atoms with Crippen LogP contribution in [0.5, 0.6) is 0 Å². The van der Waals surface area contributed by atoms with Gasteiger partial charge in [0.05, 0.1) is 13.1 Å². The first kappa shape index (κ1) is 19.2. The normalized spacial score (nSPS) is 10.3. The van der Waals surface area contributed by atoms with E-state index in [9.17, 15) is 14.4 Å². The molecule has 0 aromatic heterocycles. The molecular weight excluding hydrogens is 362 g/mol. The van der Waals surface area contributed by atoms with Crippen LogP contribution in [0.25, 0.3) is 0 Å². The average Bonchev–Trinajstić information content (AvgIpc) is 2.49. The van der Waals surface area contributed by atoms with Crippen LogP contribution in [0.1, 0.15) is 31.1 Å². The molecule has 0 atom stereocenters. The highest BCUT2D eigenvalue weighted by molar-refractivity contribution is 9.10. The second kappa shape index (κ2) is 9.29. The minimum absolute atomic E-state index is 0.0136. The van der Waals surface area contributed by atoms with Crippen LogP contribution in [-0.4, -0.2) is 48.3 Å². The number of hydrogen-bond acceptors (Lipinski definition) is 3. The lowest BCUT2D eigenvalue weighted by molar-refractivity contribution is -0.135. The van der Waals surface area contributed by atoms with Crippen LogP contribution in [0.15, 0.2) is 28.7 Å². The predicted octanol–water partition coefficient (Wildman–Crippen LogP) is 1.55. The quantitative estimate of drug-likeness (QED) is 0.749. The summed E-state index contributed by atoms with van der Waals surface area (Å²) in [4.78, 5) is 37.2. The molecule has 1 aromatic carbocycles. The van der Waals surface area contributed by atoms with Crippen LogP contribution < -0.4 is 10.6 Å². The zero-order valence-corrected chi connectivity index (χ0v) is 15.1. The summed E-state index contributed by atoms with van der Waals surface area (Å²) in [6.07, 6.45) is 0. The Hall–Kier alpha value is -1.89. The van der Waals surface area contributed by atoms with Crippen LogP contribution in [-0.2, 0) is 9.59 Å². The van der Waals surface area contributed by atoms with Gasteiger partial charge in [0.25, 0.3) is 5.91 Å². The number of likely N-dealkylation sites (N-methyl/N-ethyl adjacent to an activating group) is 1. The first-order chi connectivity index (χ1) is 10.8. The third-order valence-electron chi connectivity index (χ3n) is 3.01. The minimum Gasteiger partial charge on any atom is -0.352 e. The minimum atomic E-state index is -0.331. The Bertz CT molecular complexity index is 575. The van der Waals surface area contributed by atoms with Gasteiger partial charge in [-0.15, -0.1) is 0 Å². The molecule has 1 rings (SSSR count). The molecule has 0 saturated heterocycles. The first-order valence-corrected chi connectivity index (χ1v) is 8.23.